The number of nitrogens with zero attached hydrogens (tertiary/aromatic N) is 1. The number of likely N-dealkylation sites (tertiary alicyclic amines) is 1. The molecule has 0 aromatic heterocycles. The second-order valence-corrected chi connectivity index (χ2v) is 3.13. The first-order valence-corrected chi connectivity index (χ1v) is 3.73. The molecule has 0 aromatic carbocycles. The molecule has 4 heteroatoms. The molecule has 0 aromatic rings. The minimum Gasteiger partial charge on any atom is -0.427 e. The van der Waals surface area contributed by atoms with Crippen LogP contribution < -0.4 is 0 Å². The molecule has 0 radical (unpaired) electrons. The van der Waals surface area contributed by atoms with Gasteiger partial charge < -0.3 is 14.9 Å². The molecule has 1 aliphatic rings. The smallest absolute Gasteiger partial charge is 0.427 e. The van der Waals surface area contributed by atoms with Gasteiger partial charge in [-0.25, -0.2) is 0 Å². The van der Waals surface area contributed by atoms with Crippen LogP contribution in [0.2, 0.25) is 6.32 Å². The summed E-state index contributed by atoms with van der Waals surface area (Å²) < 4.78 is 0. The van der Waals surface area contributed by atoms with E-state index < -0.39 is 7.12 Å². The predicted molar refractivity (Wildman–Crippen MR) is 40.6 cm³/mol. The minimum absolute atomic E-state index is 0.491. The van der Waals surface area contributed by atoms with Gasteiger partial charge in [-0.3, -0.25) is 0 Å². The standard InChI is InChI=1S/C6H14BNO2/c1-8-3-2-6(5-8)4-7(9)10/h6,9-10H,2-5H2,1H3. The molecular formula is C6H14BNO2. The quantitative estimate of drug-likeness (QED) is 0.508. The van der Waals surface area contributed by atoms with Crippen molar-refractivity contribution in [1.29, 1.82) is 0 Å². The topological polar surface area (TPSA) is 43.7 Å². The van der Waals surface area contributed by atoms with E-state index >= 15 is 0 Å². The van der Waals surface area contributed by atoms with Crippen LogP contribution in [0.25, 0.3) is 0 Å². The number of rotatable bonds is 2. The van der Waals surface area contributed by atoms with Gasteiger partial charge in [0.2, 0.25) is 0 Å². The van der Waals surface area contributed by atoms with Crippen molar-refractivity contribution < 1.29 is 10.0 Å². The van der Waals surface area contributed by atoms with E-state index in [4.69, 9.17) is 10.0 Å². The monoisotopic (exact) mass is 143 g/mol. The summed E-state index contributed by atoms with van der Waals surface area (Å²) in [4.78, 5) is 2.22. The Labute approximate surface area is 61.8 Å². The Balaban J connectivity index is 2.18. The van der Waals surface area contributed by atoms with Gasteiger partial charge in [0.05, 0.1) is 0 Å². The van der Waals surface area contributed by atoms with Gasteiger partial charge in [0.1, 0.15) is 0 Å². The fourth-order valence-electron chi connectivity index (χ4n) is 1.52. The Hall–Kier alpha value is -0.0551. The van der Waals surface area contributed by atoms with Gasteiger partial charge in [-0.15, -0.1) is 0 Å². The second-order valence-electron chi connectivity index (χ2n) is 3.13. The molecule has 58 valence electrons. The molecule has 1 heterocycles. The van der Waals surface area contributed by atoms with Crippen molar-refractivity contribution in [3.8, 4) is 0 Å². The summed E-state index contributed by atoms with van der Waals surface area (Å²) in [6.45, 7) is 2.11. The van der Waals surface area contributed by atoms with Gasteiger partial charge >= 0.3 is 7.12 Å². The molecule has 10 heavy (non-hydrogen) atoms. The zero-order chi connectivity index (χ0) is 7.56. The van der Waals surface area contributed by atoms with Crippen LogP contribution in [0, 0.1) is 5.92 Å². The molecular weight excluding hydrogens is 129 g/mol. The third-order valence-corrected chi connectivity index (χ3v) is 2.03. The minimum atomic E-state index is -1.11. The number of hydrogen-bond acceptors (Lipinski definition) is 3. The molecule has 0 bridgehead atoms. The molecule has 3 nitrogen and oxygen atoms in total. The Morgan fingerprint density at radius 3 is 2.70 bits per heavy atom. The Morgan fingerprint density at radius 2 is 2.30 bits per heavy atom. The van der Waals surface area contributed by atoms with Crippen molar-refractivity contribution in [2.45, 2.75) is 12.7 Å². The van der Waals surface area contributed by atoms with Crippen molar-refractivity contribution in [1.82, 2.24) is 4.90 Å². The van der Waals surface area contributed by atoms with Crippen molar-refractivity contribution in [3.63, 3.8) is 0 Å². The highest BCUT2D eigenvalue weighted by atomic mass is 16.4. The zero-order valence-corrected chi connectivity index (χ0v) is 6.32. The normalized spacial score (nSPS) is 27.3. The van der Waals surface area contributed by atoms with E-state index in [2.05, 4.69) is 11.9 Å². The molecule has 0 spiro atoms. The van der Waals surface area contributed by atoms with E-state index in [9.17, 15) is 0 Å². The summed E-state index contributed by atoms with van der Waals surface area (Å²) in [7, 11) is 0.945. The van der Waals surface area contributed by atoms with Gasteiger partial charge in [-0.2, -0.15) is 0 Å². The molecule has 1 fully saturated rings. The van der Waals surface area contributed by atoms with Crippen molar-refractivity contribution in [3.05, 3.63) is 0 Å². The Morgan fingerprint density at radius 1 is 1.60 bits per heavy atom. The first kappa shape index (κ1) is 8.05. The van der Waals surface area contributed by atoms with Gasteiger partial charge in [0, 0.05) is 6.54 Å². The molecule has 1 saturated heterocycles. The van der Waals surface area contributed by atoms with E-state index in [1.807, 2.05) is 0 Å². The first-order valence-electron chi connectivity index (χ1n) is 3.73. The van der Waals surface area contributed by atoms with Crippen LogP contribution in [0.4, 0.5) is 0 Å². The lowest BCUT2D eigenvalue weighted by atomic mass is 9.78. The highest BCUT2D eigenvalue weighted by Gasteiger charge is 2.23. The van der Waals surface area contributed by atoms with Gasteiger partial charge in [-0.05, 0) is 32.3 Å². The second kappa shape index (κ2) is 3.37. The van der Waals surface area contributed by atoms with Crippen LogP contribution in [-0.2, 0) is 0 Å². The molecule has 1 aliphatic heterocycles. The highest BCUT2D eigenvalue weighted by molar-refractivity contribution is 6.41. The molecule has 0 amide bonds. The van der Waals surface area contributed by atoms with E-state index in [-0.39, 0.29) is 0 Å². The lowest BCUT2D eigenvalue weighted by Crippen LogP contribution is -2.19. The average Bonchev–Trinajstić information content (AvgIpc) is 2.13. The fraction of sp³-hybridized carbons (Fsp3) is 1.00. The lowest BCUT2D eigenvalue weighted by molar-refractivity contribution is 0.372. The van der Waals surface area contributed by atoms with E-state index in [1.54, 1.807) is 0 Å². The highest BCUT2D eigenvalue weighted by Crippen LogP contribution is 2.18. The predicted octanol–water partition coefficient (Wildman–Crippen LogP) is -0.589. The Bertz CT molecular complexity index is 110. The maximum atomic E-state index is 8.64. The lowest BCUT2D eigenvalue weighted by Gasteiger charge is -2.08. The van der Waals surface area contributed by atoms with Gasteiger partial charge in [0.15, 0.2) is 0 Å². The summed E-state index contributed by atoms with van der Waals surface area (Å²) in [5.74, 6) is 0.491. The van der Waals surface area contributed by atoms with Crippen LogP contribution in [0.15, 0.2) is 0 Å². The van der Waals surface area contributed by atoms with Crippen molar-refractivity contribution >= 4 is 7.12 Å². The largest absolute Gasteiger partial charge is 0.451 e. The van der Waals surface area contributed by atoms with E-state index in [0.29, 0.717) is 12.2 Å². The maximum absolute atomic E-state index is 8.64. The van der Waals surface area contributed by atoms with Gasteiger partial charge in [-0.1, -0.05) is 0 Å². The SMILES string of the molecule is CN1CCC(CB(O)O)C1. The Kier molecular flexibility index (Phi) is 2.71. The third kappa shape index (κ3) is 2.29. The third-order valence-electron chi connectivity index (χ3n) is 2.03. The molecule has 1 atom stereocenters. The zero-order valence-electron chi connectivity index (χ0n) is 6.32. The van der Waals surface area contributed by atoms with Crippen LogP contribution in [-0.4, -0.2) is 42.2 Å². The molecule has 1 unspecified atom stereocenters. The van der Waals surface area contributed by atoms with Crippen molar-refractivity contribution in [2.75, 3.05) is 20.1 Å². The molecule has 0 saturated carbocycles. The number of hydrogen-bond donors (Lipinski definition) is 2. The summed E-state index contributed by atoms with van der Waals surface area (Å²) >= 11 is 0. The average molecular weight is 143 g/mol. The summed E-state index contributed by atoms with van der Waals surface area (Å²) in [5, 5.41) is 17.3. The molecule has 0 aliphatic carbocycles. The van der Waals surface area contributed by atoms with E-state index in [0.717, 1.165) is 19.5 Å². The summed E-state index contributed by atoms with van der Waals surface area (Å²) in [5.41, 5.74) is 0. The van der Waals surface area contributed by atoms with Crippen LogP contribution >= 0.6 is 0 Å². The van der Waals surface area contributed by atoms with E-state index in [1.165, 1.54) is 0 Å². The van der Waals surface area contributed by atoms with Crippen LogP contribution in [0.1, 0.15) is 6.42 Å². The molecule has 1 rings (SSSR count). The summed E-state index contributed by atoms with van der Waals surface area (Å²) in [6, 6.07) is 0. The maximum Gasteiger partial charge on any atom is 0.451 e. The van der Waals surface area contributed by atoms with Crippen LogP contribution in [0.5, 0.6) is 0 Å². The van der Waals surface area contributed by atoms with Crippen LogP contribution in [0.3, 0.4) is 0 Å². The fourth-order valence-corrected chi connectivity index (χ4v) is 1.52. The van der Waals surface area contributed by atoms with Gasteiger partial charge in [0.25, 0.3) is 0 Å². The molecule has 2 N–H and O–H groups in total. The first-order chi connectivity index (χ1) is 4.68. The van der Waals surface area contributed by atoms with Crippen molar-refractivity contribution in [2.24, 2.45) is 5.92 Å². The summed E-state index contributed by atoms with van der Waals surface area (Å²) in [6.07, 6.45) is 1.64.